The summed E-state index contributed by atoms with van der Waals surface area (Å²) in [5, 5.41) is 6.70. The number of amides is 1. The summed E-state index contributed by atoms with van der Waals surface area (Å²) in [4.78, 5) is 10.8. The number of halogens is 1. The van der Waals surface area contributed by atoms with Crippen molar-refractivity contribution in [3.63, 3.8) is 0 Å². The molecule has 5 heteroatoms. The zero-order valence-corrected chi connectivity index (χ0v) is 9.35. The molecule has 0 spiro atoms. The van der Waals surface area contributed by atoms with Gasteiger partial charge in [0.1, 0.15) is 5.82 Å². The number of benzene rings is 1. The number of nitrogens with zero attached hydrogens (tertiary/aromatic N) is 2. The summed E-state index contributed by atoms with van der Waals surface area (Å²) in [7, 11) is 0. The average molecular weight is 233 g/mol. The van der Waals surface area contributed by atoms with E-state index in [0.717, 1.165) is 5.56 Å². The minimum Gasteiger partial charge on any atom is -0.324 e. The highest BCUT2D eigenvalue weighted by molar-refractivity contribution is 5.88. The molecule has 0 bridgehead atoms. The molecule has 0 saturated heterocycles. The number of hydrogen-bond acceptors (Lipinski definition) is 2. The van der Waals surface area contributed by atoms with Crippen LogP contribution in [0.3, 0.4) is 0 Å². The maximum absolute atomic E-state index is 13.0. The molecular weight excluding hydrogens is 221 g/mol. The molecule has 0 aliphatic carbocycles. The Morgan fingerprint density at radius 3 is 3.06 bits per heavy atom. The normalized spacial score (nSPS) is 10.2. The fourth-order valence-corrected chi connectivity index (χ4v) is 1.54. The highest BCUT2D eigenvalue weighted by Gasteiger charge is 2.01. The van der Waals surface area contributed by atoms with Gasteiger partial charge in [0.15, 0.2) is 0 Å². The second kappa shape index (κ2) is 4.78. The molecule has 2 rings (SSSR count). The van der Waals surface area contributed by atoms with E-state index in [-0.39, 0.29) is 11.7 Å². The first-order chi connectivity index (χ1) is 8.13. The van der Waals surface area contributed by atoms with E-state index in [1.54, 1.807) is 23.1 Å². The van der Waals surface area contributed by atoms with Crippen molar-refractivity contribution in [3.05, 3.63) is 48.0 Å². The van der Waals surface area contributed by atoms with Crippen molar-refractivity contribution < 1.29 is 9.18 Å². The molecule has 1 amide bonds. The van der Waals surface area contributed by atoms with Crippen LogP contribution < -0.4 is 5.32 Å². The summed E-state index contributed by atoms with van der Waals surface area (Å²) in [6, 6.07) is 6.33. The van der Waals surface area contributed by atoms with E-state index in [9.17, 15) is 9.18 Å². The van der Waals surface area contributed by atoms with Crippen molar-refractivity contribution in [2.75, 3.05) is 5.32 Å². The molecule has 4 nitrogen and oxygen atoms in total. The third kappa shape index (κ3) is 3.14. The van der Waals surface area contributed by atoms with Gasteiger partial charge in [0, 0.05) is 13.1 Å². The molecule has 17 heavy (non-hydrogen) atoms. The number of carbonyl (C=O) groups is 1. The van der Waals surface area contributed by atoms with Gasteiger partial charge in [-0.05, 0) is 17.7 Å². The van der Waals surface area contributed by atoms with Crippen LogP contribution in [0.4, 0.5) is 10.1 Å². The van der Waals surface area contributed by atoms with Gasteiger partial charge >= 0.3 is 0 Å². The summed E-state index contributed by atoms with van der Waals surface area (Å²) < 4.78 is 14.6. The van der Waals surface area contributed by atoms with Crippen molar-refractivity contribution in [2.45, 2.75) is 13.5 Å². The molecule has 2 aromatic rings. The van der Waals surface area contributed by atoms with Gasteiger partial charge in [0.25, 0.3) is 0 Å². The zero-order valence-electron chi connectivity index (χ0n) is 9.35. The van der Waals surface area contributed by atoms with Gasteiger partial charge in [-0.15, -0.1) is 0 Å². The lowest BCUT2D eigenvalue weighted by Gasteiger charge is -2.01. The van der Waals surface area contributed by atoms with Crippen LogP contribution in [-0.2, 0) is 11.3 Å². The Balaban J connectivity index is 2.08. The Hall–Kier alpha value is -2.17. The SMILES string of the molecule is CC(=O)Nc1cnn(Cc2cccc(F)c2)c1. The van der Waals surface area contributed by atoms with Crippen molar-refractivity contribution in [1.82, 2.24) is 9.78 Å². The van der Waals surface area contributed by atoms with E-state index in [2.05, 4.69) is 10.4 Å². The Morgan fingerprint density at radius 2 is 2.35 bits per heavy atom. The lowest BCUT2D eigenvalue weighted by molar-refractivity contribution is -0.114. The van der Waals surface area contributed by atoms with E-state index >= 15 is 0 Å². The van der Waals surface area contributed by atoms with E-state index in [0.29, 0.717) is 12.2 Å². The van der Waals surface area contributed by atoms with Crippen LogP contribution in [-0.4, -0.2) is 15.7 Å². The molecule has 1 heterocycles. The molecule has 0 fully saturated rings. The van der Waals surface area contributed by atoms with E-state index < -0.39 is 0 Å². The molecule has 0 radical (unpaired) electrons. The number of anilines is 1. The predicted molar refractivity (Wildman–Crippen MR) is 62.0 cm³/mol. The highest BCUT2D eigenvalue weighted by atomic mass is 19.1. The Morgan fingerprint density at radius 1 is 1.53 bits per heavy atom. The van der Waals surface area contributed by atoms with Crippen LogP contribution in [0.25, 0.3) is 0 Å². The van der Waals surface area contributed by atoms with E-state index in [1.165, 1.54) is 19.1 Å². The number of carbonyl (C=O) groups excluding carboxylic acids is 1. The Labute approximate surface area is 98.1 Å². The monoisotopic (exact) mass is 233 g/mol. The van der Waals surface area contributed by atoms with Crippen LogP contribution in [0.2, 0.25) is 0 Å². The molecule has 0 aliphatic rings. The topological polar surface area (TPSA) is 46.9 Å². The number of rotatable bonds is 3. The fraction of sp³-hybridized carbons (Fsp3) is 0.167. The smallest absolute Gasteiger partial charge is 0.221 e. The first-order valence-electron chi connectivity index (χ1n) is 5.18. The summed E-state index contributed by atoms with van der Waals surface area (Å²) in [6.07, 6.45) is 3.26. The quantitative estimate of drug-likeness (QED) is 0.881. The summed E-state index contributed by atoms with van der Waals surface area (Å²) in [5.74, 6) is -0.410. The average Bonchev–Trinajstić information content (AvgIpc) is 2.64. The Kier molecular flexibility index (Phi) is 3.18. The van der Waals surface area contributed by atoms with E-state index in [1.807, 2.05) is 6.07 Å². The van der Waals surface area contributed by atoms with Crippen molar-refractivity contribution in [2.24, 2.45) is 0 Å². The predicted octanol–water partition coefficient (Wildman–Crippen LogP) is 2.03. The van der Waals surface area contributed by atoms with Crippen LogP contribution in [0.15, 0.2) is 36.7 Å². The second-order valence-electron chi connectivity index (χ2n) is 3.74. The zero-order chi connectivity index (χ0) is 12.3. The molecular formula is C12H12FN3O. The summed E-state index contributed by atoms with van der Waals surface area (Å²) in [6.45, 7) is 1.90. The van der Waals surface area contributed by atoms with Gasteiger partial charge < -0.3 is 5.32 Å². The van der Waals surface area contributed by atoms with E-state index in [4.69, 9.17) is 0 Å². The third-order valence-electron chi connectivity index (χ3n) is 2.19. The van der Waals surface area contributed by atoms with Crippen LogP contribution in [0.1, 0.15) is 12.5 Å². The van der Waals surface area contributed by atoms with Crippen molar-refractivity contribution in [1.29, 1.82) is 0 Å². The van der Waals surface area contributed by atoms with Crippen molar-refractivity contribution >= 4 is 11.6 Å². The molecule has 0 aliphatic heterocycles. The minimum atomic E-state index is -0.267. The van der Waals surface area contributed by atoms with Gasteiger partial charge in [-0.1, -0.05) is 12.1 Å². The fourth-order valence-electron chi connectivity index (χ4n) is 1.54. The highest BCUT2D eigenvalue weighted by Crippen LogP contribution is 2.09. The second-order valence-corrected chi connectivity index (χ2v) is 3.74. The molecule has 0 unspecified atom stereocenters. The third-order valence-corrected chi connectivity index (χ3v) is 2.19. The number of nitrogens with one attached hydrogen (secondary N) is 1. The van der Waals surface area contributed by atoms with Gasteiger partial charge in [-0.2, -0.15) is 5.10 Å². The summed E-state index contributed by atoms with van der Waals surface area (Å²) >= 11 is 0. The maximum Gasteiger partial charge on any atom is 0.221 e. The number of hydrogen-bond donors (Lipinski definition) is 1. The molecule has 0 atom stereocenters. The molecule has 1 aromatic carbocycles. The first-order valence-corrected chi connectivity index (χ1v) is 5.18. The maximum atomic E-state index is 13.0. The minimum absolute atomic E-state index is 0.143. The molecule has 0 saturated carbocycles. The lowest BCUT2D eigenvalue weighted by atomic mass is 10.2. The lowest BCUT2D eigenvalue weighted by Crippen LogP contribution is -2.05. The van der Waals surface area contributed by atoms with Gasteiger partial charge in [-0.3, -0.25) is 9.48 Å². The van der Waals surface area contributed by atoms with Gasteiger partial charge in [0.2, 0.25) is 5.91 Å². The number of aromatic nitrogens is 2. The molecule has 1 aromatic heterocycles. The Bertz CT molecular complexity index is 536. The van der Waals surface area contributed by atoms with Gasteiger partial charge in [0.05, 0.1) is 18.4 Å². The standard InChI is InChI=1S/C12H12FN3O/c1-9(17)15-12-6-14-16(8-12)7-10-3-2-4-11(13)5-10/h2-6,8H,7H2,1H3,(H,15,17). The summed E-state index contributed by atoms with van der Waals surface area (Å²) in [5.41, 5.74) is 1.45. The molecule has 88 valence electrons. The van der Waals surface area contributed by atoms with Gasteiger partial charge in [-0.25, -0.2) is 4.39 Å². The first kappa shape index (κ1) is 11.3. The van der Waals surface area contributed by atoms with Crippen molar-refractivity contribution in [3.8, 4) is 0 Å². The molecule has 1 N–H and O–H groups in total. The van der Waals surface area contributed by atoms with Crippen LogP contribution in [0, 0.1) is 5.82 Å². The largest absolute Gasteiger partial charge is 0.324 e. The van der Waals surface area contributed by atoms with Crippen LogP contribution in [0.5, 0.6) is 0 Å². The van der Waals surface area contributed by atoms with Crippen LogP contribution >= 0.6 is 0 Å².